The molecule has 0 spiro atoms. The van der Waals surface area contributed by atoms with Gasteiger partial charge in [-0.3, -0.25) is 0 Å². The van der Waals surface area contributed by atoms with E-state index in [1.54, 1.807) is 12.1 Å². The van der Waals surface area contributed by atoms with Crippen molar-refractivity contribution in [2.45, 2.75) is 33.8 Å². The number of benzene rings is 1. The van der Waals surface area contributed by atoms with Crippen molar-refractivity contribution in [2.24, 2.45) is 5.41 Å². The van der Waals surface area contributed by atoms with Gasteiger partial charge in [0.25, 0.3) is 0 Å². The number of hydrogen-bond acceptors (Lipinski definition) is 3. The van der Waals surface area contributed by atoms with Gasteiger partial charge in [0.15, 0.2) is 0 Å². The smallest absolute Gasteiger partial charge is 0.423 e. The predicted octanol–water partition coefficient (Wildman–Crippen LogP) is 1.32. The van der Waals surface area contributed by atoms with Crippen LogP contribution in [0.3, 0.4) is 0 Å². The Balaban J connectivity index is 2.47. The van der Waals surface area contributed by atoms with Crippen LogP contribution in [0.1, 0.15) is 32.8 Å². The Morgan fingerprint density at radius 3 is 2.41 bits per heavy atom. The Morgan fingerprint density at radius 2 is 1.82 bits per heavy atom. The van der Waals surface area contributed by atoms with Crippen molar-refractivity contribution in [1.29, 1.82) is 0 Å². The molecule has 0 amide bonds. The Morgan fingerprint density at radius 1 is 1.18 bits per heavy atom. The largest absolute Gasteiger partial charge is 0.488 e. The van der Waals surface area contributed by atoms with Crippen LogP contribution in [-0.4, -0.2) is 23.8 Å². The molecule has 0 aromatic heterocycles. The highest BCUT2D eigenvalue weighted by atomic mass is 16.5. The van der Waals surface area contributed by atoms with Gasteiger partial charge in [0.05, 0.1) is 6.61 Å². The number of ether oxygens (including phenoxy) is 1. The summed E-state index contributed by atoms with van der Waals surface area (Å²) in [6, 6.07) is 7.21. The Kier molecular flexibility index (Phi) is 5.18. The van der Waals surface area contributed by atoms with Crippen LogP contribution in [-0.2, 0) is 11.3 Å². The molecule has 0 saturated carbocycles. The summed E-state index contributed by atoms with van der Waals surface area (Å²) in [5, 5.41) is 18.4. The first-order valence-corrected chi connectivity index (χ1v) is 5.92. The maximum absolute atomic E-state index is 9.19. The fraction of sp³-hybridized carbons (Fsp3) is 0.538. The fourth-order valence-corrected chi connectivity index (χ4v) is 1.48. The molecule has 1 aromatic carbocycles. The van der Waals surface area contributed by atoms with Crippen molar-refractivity contribution >= 4 is 12.6 Å². The molecule has 17 heavy (non-hydrogen) atoms. The van der Waals surface area contributed by atoms with Gasteiger partial charge in [-0.1, -0.05) is 45.0 Å². The molecule has 0 atom stereocenters. The second kappa shape index (κ2) is 6.19. The van der Waals surface area contributed by atoms with Crippen molar-refractivity contribution < 1.29 is 14.8 Å². The lowest BCUT2D eigenvalue weighted by Gasteiger charge is -2.18. The van der Waals surface area contributed by atoms with E-state index in [0.29, 0.717) is 18.7 Å². The van der Waals surface area contributed by atoms with Crippen molar-refractivity contribution in [2.75, 3.05) is 6.61 Å². The molecule has 0 unspecified atom stereocenters. The van der Waals surface area contributed by atoms with E-state index < -0.39 is 7.12 Å². The summed E-state index contributed by atoms with van der Waals surface area (Å²) < 4.78 is 5.56. The summed E-state index contributed by atoms with van der Waals surface area (Å²) in [6.45, 7) is 7.61. The first-order chi connectivity index (χ1) is 7.90. The molecule has 3 nitrogen and oxygen atoms in total. The third-order valence-electron chi connectivity index (χ3n) is 2.59. The van der Waals surface area contributed by atoms with E-state index in [0.717, 1.165) is 12.0 Å². The minimum Gasteiger partial charge on any atom is -0.423 e. The van der Waals surface area contributed by atoms with Crippen molar-refractivity contribution in [1.82, 2.24) is 0 Å². The van der Waals surface area contributed by atoms with Crippen LogP contribution in [0.15, 0.2) is 24.3 Å². The van der Waals surface area contributed by atoms with Gasteiger partial charge in [0.1, 0.15) is 0 Å². The highest BCUT2D eigenvalue weighted by Crippen LogP contribution is 2.18. The summed E-state index contributed by atoms with van der Waals surface area (Å²) in [7, 11) is -1.43. The molecule has 0 aliphatic carbocycles. The van der Waals surface area contributed by atoms with Gasteiger partial charge in [-0.05, 0) is 22.9 Å². The van der Waals surface area contributed by atoms with Crippen molar-refractivity contribution in [3.63, 3.8) is 0 Å². The maximum atomic E-state index is 9.19. The van der Waals surface area contributed by atoms with Gasteiger partial charge in [-0.2, -0.15) is 0 Å². The molecule has 0 fully saturated rings. The molecule has 4 heteroatoms. The van der Waals surface area contributed by atoms with Crippen LogP contribution in [0.2, 0.25) is 0 Å². The van der Waals surface area contributed by atoms with Gasteiger partial charge < -0.3 is 14.8 Å². The molecule has 0 saturated heterocycles. The summed E-state index contributed by atoms with van der Waals surface area (Å²) in [6.07, 6.45) is 0.983. The minimum atomic E-state index is -1.43. The molecule has 0 radical (unpaired) electrons. The molecule has 1 aromatic rings. The summed E-state index contributed by atoms with van der Waals surface area (Å²) in [5.74, 6) is 0. The summed E-state index contributed by atoms with van der Waals surface area (Å²) in [5.41, 5.74) is 1.61. The third kappa shape index (κ3) is 5.35. The monoisotopic (exact) mass is 236 g/mol. The second-order valence-electron chi connectivity index (χ2n) is 5.44. The quantitative estimate of drug-likeness (QED) is 0.598. The highest BCUT2D eigenvalue weighted by Gasteiger charge is 2.15. The second-order valence-corrected chi connectivity index (χ2v) is 5.44. The first kappa shape index (κ1) is 14.2. The zero-order chi connectivity index (χ0) is 12.9. The van der Waals surface area contributed by atoms with Crippen LogP contribution in [0, 0.1) is 5.41 Å². The van der Waals surface area contributed by atoms with E-state index in [1.165, 1.54) is 0 Å². The summed E-state index contributed by atoms with van der Waals surface area (Å²) >= 11 is 0. The van der Waals surface area contributed by atoms with E-state index in [9.17, 15) is 10.0 Å². The zero-order valence-electron chi connectivity index (χ0n) is 10.8. The maximum Gasteiger partial charge on any atom is 0.488 e. The van der Waals surface area contributed by atoms with E-state index in [-0.39, 0.29) is 5.41 Å². The van der Waals surface area contributed by atoms with Crippen LogP contribution in [0.5, 0.6) is 0 Å². The predicted molar refractivity (Wildman–Crippen MR) is 70.0 cm³/mol. The van der Waals surface area contributed by atoms with Gasteiger partial charge >= 0.3 is 7.12 Å². The molecule has 0 bridgehead atoms. The summed E-state index contributed by atoms with van der Waals surface area (Å²) in [4.78, 5) is 0. The topological polar surface area (TPSA) is 49.7 Å². The van der Waals surface area contributed by atoms with Crippen molar-refractivity contribution in [3.05, 3.63) is 29.8 Å². The van der Waals surface area contributed by atoms with Gasteiger partial charge in [-0.15, -0.1) is 0 Å². The zero-order valence-corrected chi connectivity index (χ0v) is 10.8. The van der Waals surface area contributed by atoms with E-state index in [1.807, 2.05) is 12.1 Å². The number of rotatable bonds is 5. The molecular weight excluding hydrogens is 215 g/mol. The lowest BCUT2D eigenvalue weighted by atomic mass is 9.77. The molecule has 1 rings (SSSR count). The lowest BCUT2D eigenvalue weighted by molar-refractivity contribution is 0.0965. The third-order valence-corrected chi connectivity index (χ3v) is 2.59. The fourth-order valence-electron chi connectivity index (χ4n) is 1.48. The van der Waals surface area contributed by atoms with Crippen LogP contribution < -0.4 is 5.46 Å². The molecule has 0 heterocycles. The van der Waals surface area contributed by atoms with Gasteiger partial charge in [0, 0.05) is 6.61 Å². The lowest BCUT2D eigenvalue weighted by Crippen LogP contribution is -2.33. The molecule has 94 valence electrons. The molecule has 0 aliphatic rings. The molecular formula is C13H21BO3. The Bertz CT molecular complexity index is 345. The van der Waals surface area contributed by atoms with Crippen LogP contribution in [0.4, 0.5) is 0 Å². The van der Waals surface area contributed by atoms with Gasteiger partial charge in [-0.25, -0.2) is 0 Å². The van der Waals surface area contributed by atoms with Crippen LogP contribution in [0.25, 0.3) is 0 Å². The van der Waals surface area contributed by atoms with E-state index in [4.69, 9.17) is 4.74 Å². The van der Waals surface area contributed by atoms with Crippen LogP contribution >= 0.6 is 0 Å². The SMILES string of the molecule is CC(C)(C)CCOCc1ccccc1B(O)O. The first-order valence-electron chi connectivity index (χ1n) is 5.92. The molecule has 0 aliphatic heterocycles. The van der Waals surface area contributed by atoms with E-state index >= 15 is 0 Å². The average Bonchev–Trinajstić information content (AvgIpc) is 2.23. The minimum absolute atomic E-state index is 0.260. The Labute approximate surface area is 104 Å². The number of hydrogen-bond donors (Lipinski definition) is 2. The van der Waals surface area contributed by atoms with E-state index in [2.05, 4.69) is 20.8 Å². The van der Waals surface area contributed by atoms with Crippen molar-refractivity contribution in [3.8, 4) is 0 Å². The normalized spacial score (nSPS) is 11.6. The molecule has 2 N–H and O–H groups in total. The van der Waals surface area contributed by atoms with Gasteiger partial charge in [0.2, 0.25) is 0 Å². The highest BCUT2D eigenvalue weighted by molar-refractivity contribution is 6.59. The Hall–Kier alpha value is -0.835. The average molecular weight is 236 g/mol. The standard InChI is InChI=1S/C13H21BO3/c1-13(2,3)8-9-17-10-11-6-4-5-7-12(11)14(15)16/h4-7,15-16H,8-10H2,1-3H3.